The first-order chi connectivity index (χ1) is 23.1. The average molecular weight is 607 g/mol. The second-order valence-electron chi connectivity index (χ2n) is 12.4. The minimum absolute atomic E-state index is 0.354. The normalized spacial score (nSPS) is 13.4. The maximum absolute atomic E-state index is 5.23. The summed E-state index contributed by atoms with van der Waals surface area (Å²) in [6.07, 6.45) is 2.00. The predicted octanol–water partition coefficient (Wildman–Crippen LogP) is 9.81. The average Bonchev–Trinajstić information content (AvgIpc) is 3.47. The number of hydrogen-bond acceptors (Lipinski definition) is 5. The SMILES string of the molecule is CC1(C)c2ccccc2N(c2nc(-c3ccccc3)nc(-c3ccccc3)n2)c2cnc3c(c21)c1ccccc1n3-c1ccccc1. The van der Waals surface area contributed by atoms with Crippen molar-refractivity contribution in [1.29, 1.82) is 0 Å². The van der Waals surface area contributed by atoms with E-state index in [2.05, 4.69) is 96.1 Å². The third-order valence-corrected chi connectivity index (χ3v) is 9.25. The van der Waals surface area contributed by atoms with Crippen molar-refractivity contribution in [2.24, 2.45) is 0 Å². The molecule has 4 heterocycles. The first-order valence-electron chi connectivity index (χ1n) is 15.8. The Kier molecular flexibility index (Phi) is 6.05. The van der Waals surface area contributed by atoms with Crippen molar-refractivity contribution in [3.05, 3.63) is 157 Å². The van der Waals surface area contributed by atoms with Gasteiger partial charge in [-0.05, 0) is 35.4 Å². The molecule has 224 valence electrons. The zero-order valence-corrected chi connectivity index (χ0v) is 26.0. The molecular formula is C41H30N6. The summed E-state index contributed by atoms with van der Waals surface area (Å²) >= 11 is 0. The van der Waals surface area contributed by atoms with Crippen LogP contribution in [0.25, 0.3) is 50.4 Å². The van der Waals surface area contributed by atoms with Crippen LogP contribution in [-0.4, -0.2) is 24.5 Å². The number of aromatic nitrogens is 5. The van der Waals surface area contributed by atoms with Gasteiger partial charge in [0.15, 0.2) is 11.6 Å². The van der Waals surface area contributed by atoms with Crippen molar-refractivity contribution in [3.8, 4) is 28.5 Å². The van der Waals surface area contributed by atoms with E-state index in [-0.39, 0.29) is 5.41 Å². The molecule has 8 aromatic rings. The molecule has 0 N–H and O–H groups in total. The second kappa shape index (κ2) is 10.5. The highest BCUT2D eigenvalue weighted by atomic mass is 15.3. The minimum atomic E-state index is -0.354. The van der Waals surface area contributed by atoms with Crippen molar-refractivity contribution in [2.75, 3.05) is 4.90 Å². The van der Waals surface area contributed by atoms with Gasteiger partial charge < -0.3 is 0 Å². The molecule has 0 saturated heterocycles. The van der Waals surface area contributed by atoms with Gasteiger partial charge in [-0.25, -0.2) is 9.97 Å². The standard InChI is InChI=1S/C41H30N6/c1-41(2)31-23-13-15-25-33(31)47(40-44-37(27-16-6-3-7-17-27)43-38(45-40)28-18-8-4-9-19-28)34-26-42-39-35(36(34)41)30-22-12-14-24-32(30)46(39)29-20-10-5-11-21-29/h3-26H,1-2H3. The Morgan fingerprint density at radius 2 is 1.13 bits per heavy atom. The van der Waals surface area contributed by atoms with Crippen LogP contribution in [0, 0.1) is 0 Å². The molecular weight excluding hydrogens is 576 g/mol. The third kappa shape index (κ3) is 4.18. The first kappa shape index (κ1) is 27.2. The quantitative estimate of drug-likeness (QED) is 0.200. The Bertz CT molecular complexity index is 2380. The van der Waals surface area contributed by atoms with Gasteiger partial charge in [0.25, 0.3) is 0 Å². The lowest BCUT2D eigenvalue weighted by atomic mass is 9.72. The second-order valence-corrected chi connectivity index (χ2v) is 12.4. The molecule has 1 aliphatic rings. The molecule has 0 spiro atoms. The summed E-state index contributed by atoms with van der Waals surface area (Å²) in [5.74, 6) is 1.79. The topological polar surface area (TPSA) is 59.7 Å². The number of pyridine rings is 1. The molecule has 0 saturated carbocycles. The van der Waals surface area contributed by atoms with E-state index in [1.165, 1.54) is 11.1 Å². The van der Waals surface area contributed by atoms with Gasteiger partial charge in [0.05, 0.1) is 23.1 Å². The lowest BCUT2D eigenvalue weighted by Crippen LogP contribution is -2.32. The van der Waals surface area contributed by atoms with Crippen molar-refractivity contribution >= 4 is 39.3 Å². The molecule has 6 heteroatoms. The summed E-state index contributed by atoms with van der Waals surface area (Å²) in [6, 6.07) is 47.9. The van der Waals surface area contributed by atoms with Crippen molar-refractivity contribution < 1.29 is 0 Å². The van der Waals surface area contributed by atoms with Gasteiger partial charge in [-0.1, -0.05) is 129 Å². The van der Waals surface area contributed by atoms with Gasteiger partial charge in [-0.15, -0.1) is 0 Å². The van der Waals surface area contributed by atoms with Gasteiger partial charge in [0, 0.05) is 33.0 Å². The Hall–Kier alpha value is -6.14. The molecule has 0 amide bonds. The molecule has 0 bridgehead atoms. The minimum Gasteiger partial charge on any atom is -0.294 e. The Morgan fingerprint density at radius 1 is 0.553 bits per heavy atom. The fourth-order valence-electron chi connectivity index (χ4n) is 7.13. The summed E-state index contributed by atoms with van der Waals surface area (Å²) in [5.41, 5.74) is 9.00. The molecule has 0 fully saturated rings. The molecule has 0 aliphatic carbocycles. The van der Waals surface area contributed by atoms with Crippen LogP contribution in [0.4, 0.5) is 17.3 Å². The number of rotatable bonds is 4. The van der Waals surface area contributed by atoms with Crippen molar-refractivity contribution in [2.45, 2.75) is 19.3 Å². The summed E-state index contributed by atoms with van der Waals surface area (Å²) in [7, 11) is 0. The molecule has 9 rings (SSSR count). The summed E-state index contributed by atoms with van der Waals surface area (Å²) in [4.78, 5) is 22.7. The highest BCUT2D eigenvalue weighted by molar-refractivity contribution is 6.12. The van der Waals surface area contributed by atoms with E-state index in [4.69, 9.17) is 19.9 Å². The number of fused-ring (bicyclic) bond motifs is 6. The first-order valence-corrected chi connectivity index (χ1v) is 15.8. The monoisotopic (exact) mass is 606 g/mol. The molecule has 6 nitrogen and oxygen atoms in total. The lowest BCUT2D eigenvalue weighted by Gasteiger charge is -2.41. The molecule has 5 aromatic carbocycles. The number of benzene rings is 5. The molecule has 0 atom stereocenters. The highest BCUT2D eigenvalue weighted by Gasteiger charge is 2.41. The third-order valence-electron chi connectivity index (χ3n) is 9.25. The number of hydrogen-bond donors (Lipinski definition) is 0. The Labute approximate surface area is 272 Å². The van der Waals surface area contributed by atoms with Crippen LogP contribution in [0.15, 0.2) is 146 Å². The summed E-state index contributed by atoms with van der Waals surface area (Å²) in [6.45, 7) is 4.63. The molecule has 1 aliphatic heterocycles. The van der Waals surface area contributed by atoms with Crippen LogP contribution >= 0.6 is 0 Å². The number of anilines is 3. The van der Waals surface area contributed by atoms with E-state index in [1.54, 1.807) is 0 Å². The highest BCUT2D eigenvalue weighted by Crippen LogP contribution is 2.54. The van der Waals surface area contributed by atoms with E-state index in [9.17, 15) is 0 Å². The molecule has 47 heavy (non-hydrogen) atoms. The van der Waals surface area contributed by atoms with Gasteiger partial charge in [0.2, 0.25) is 5.95 Å². The van der Waals surface area contributed by atoms with Gasteiger partial charge in [-0.2, -0.15) is 9.97 Å². The summed E-state index contributed by atoms with van der Waals surface area (Å²) in [5, 5.41) is 2.29. The van der Waals surface area contributed by atoms with Crippen molar-refractivity contribution in [3.63, 3.8) is 0 Å². The smallest absolute Gasteiger partial charge is 0.238 e. The van der Waals surface area contributed by atoms with Gasteiger partial charge >= 0.3 is 0 Å². The van der Waals surface area contributed by atoms with Gasteiger partial charge in [0.1, 0.15) is 5.65 Å². The van der Waals surface area contributed by atoms with Crippen molar-refractivity contribution in [1.82, 2.24) is 24.5 Å². The van der Waals surface area contributed by atoms with Crippen LogP contribution in [0.1, 0.15) is 25.0 Å². The zero-order valence-electron chi connectivity index (χ0n) is 26.0. The zero-order chi connectivity index (χ0) is 31.5. The van der Waals surface area contributed by atoms with Crippen LogP contribution in [-0.2, 0) is 5.41 Å². The molecule has 0 radical (unpaired) electrons. The van der Waals surface area contributed by atoms with E-state index in [0.29, 0.717) is 17.6 Å². The van der Waals surface area contributed by atoms with E-state index >= 15 is 0 Å². The maximum atomic E-state index is 5.23. The molecule has 3 aromatic heterocycles. The van der Waals surface area contributed by atoms with Crippen LogP contribution in [0.2, 0.25) is 0 Å². The Balaban J connectivity index is 1.38. The fourth-order valence-corrected chi connectivity index (χ4v) is 7.13. The van der Waals surface area contributed by atoms with Crippen LogP contribution in [0.5, 0.6) is 0 Å². The number of para-hydroxylation sites is 3. The van der Waals surface area contributed by atoms with E-state index in [0.717, 1.165) is 50.1 Å². The van der Waals surface area contributed by atoms with E-state index < -0.39 is 0 Å². The van der Waals surface area contributed by atoms with Crippen LogP contribution in [0.3, 0.4) is 0 Å². The largest absolute Gasteiger partial charge is 0.294 e. The lowest BCUT2D eigenvalue weighted by molar-refractivity contribution is 0.636. The Morgan fingerprint density at radius 3 is 1.81 bits per heavy atom. The fraction of sp³-hybridized carbons (Fsp3) is 0.0732. The van der Waals surface area contributed by atoms with E-state index in [1.807, 2.05) is 72.9 Å². The number of nitrogens with zero attached hydrogens (tertiary/aromatic N) is 6. The van der Waals surface area contributed by atoms with Gasteiger partial charge in [-0.3, -0.25) is 9.47 Å². The molecule has 0 unspecified atom stereocenters. The predicted molar refractivity (Wildman–Crippen MR) is 190 cm³/mol. The summed E-state index contributed by atoms with van der Waals surface area (Å²) < 4.78 is 2.27. The maximum Gasteiger partial charge on any atom is 0.238 e. The van der Waals surface area contributed by atoms with Crippen LogP contribution < -0.4 is 4.90 Å².